The summed E-state index contributed by atoms with van der Waals surface area (Å²) in [6.45, 7) is 1.82. The van der Waals surface area contributed by atoms with Crippen molar-refractivity contribution in [2.75, 3.05) is 5.32 Å². The molecule has 0 unspecified atom stereocenters. The summed E-state index contributed by atoms with van der Waals surface area (Å²) in [7, 11) is 0. The van der Waals surface area contributed by atoms with Crippen molar-refractivity contribution in [2.24, 2.45) is 0 Å². The molecule has 1 amide bonds. The van der Waals surface area contributed by atoms with E-state index >= 15 is 0 Å². The van der Waals surface area contributed by atoms with Crippen LogP contribution >= 0.6 is 0 Å². The number of ketones is 1. The maximum absolute atomic E-state index is 13.2. The Morgan fingerprint density at radius 2 is 1.56 bits per heavy atom. The van der Waals surface area contributed by atoms with E-state index in [0.717, 1.165) is 5.56 Å². The lowest BCUT2D eigenvalue weighted by Crippen LogP contribution is -2.17. The smallest absolute Gasteiger partial charge is 0.321 e. The number of nitrogens with zero attached hydrogens (tertiary/aromatic N) is 2. The van der Waals surface area contributed by atoms with Crippen molar-refractivity contribution >= 4 is 17.4 Å². The van der Waals surface area contributed by atoms with E-state index in [1.54, 1.807) is 60.9 Å². The van der Waals surface area contributed by atoms with Crippen LogP contribution in [0.1, 0.15) is 31.8 Å². The van der Waals surface area contributed by atoms with Gasteiger partial charge in [0.25, 0.3) is 5.91 Å². The molecule has 0 bridgehead atoms. The molecule has 1 heterocycles. The number of halogens is 1. The molecule has 4 rings (SSSR count). The van der Waals surface area contributed by atoms with E-state index in [2.05, 4.69) is 15.3 Å². The minimum atomic E-state index is -0.436. The first kappa shape index (κ1) is 20.9. The van der Waals surface area contributed by atoms with Gasteiger partial charge in [0.1, 0.15) is 11.6 Å². The third-order valence-corrected chi connectivity index (χ3v) is 4.72. The number of carbonyl (C=O) groups excluding carboxylic acids is 2. The average molecular weight is 427 g/mol. The number of hydrogen-bond donors (Lipinski definition) is 1. The molecule has 0 aliphatic rings. The molecule has 7 heteroatoms. The predicted molar refractivity (Wildman–Crippen MR) is 118 cm³/mol. The van der Waals surface area contributed by atoms with Crippen LogP contribution in [0.15, 0.2) is 85.2 Å². The third-order valence-electron chi connectivity index (χ3n) is 4.72. The Morgan fingerprint density at radius 3 is 2.25 bits per heavy atom. The predicted octanol–water partition coefficient (Wildman–Crippen LogP) is 5.20. The molecular formula is C25H18FN3O3. The van der Waals surface area contributed by atoms with Gasteiger partial charge in [-0.2, -0.15) is 0 Å². The molecule has 0 aliphatic carbocycles. The summed E-state index contributed by atoms with van der Waals surface area (Å²) in [5, 5.41) is 2.84. The lowest BCUT2D eigenvalue weighted by molar-refractivity contribution is 0.0996. The van der Waals surface area contributed by atoms with E-state index in [0.29, 0.717) is 17.0 Å². The highest BCUT2D eigenvalue weighted by Gasteiger charge is 2.19. The minimum absolute atomic E-state index is 0.219. The number of amides is 1. The molecule has 1 N–H and O–H groups in total. The zero-order chi connectivity index (χ0) is 22.5. The van der Waals surface area contributed by atoms with Gasteiger partial charge in [-0.15, -0.1) is 0 Å². The van der Waals surface area contributed by atoms with E-state index < -0.39 is 11.7 Å². The summed E-state index contributed by atoms with van der Waals surface area (Å²) in [5.41, 5.74) is 2.08. The number of carbonyl (C=O) groups is 2. The molecule has 0 fully saturated rings. The van der Waals surface area contributed by atoms with Crippen molar-refractivity contribution in [1.82, 2.24) is 9.97 Å². The third kappa shape index (κ3) is 4.67. The molecule has 0 saturated heterocycles. The first-order valence-corrected chi connectivity index (χ1v) is 9.77. The summed E-state index contributed by atoms with van der Waals surface area (Å²) < 4.78 is 18.8. The van der Waals surface area contributed by atoms with E-state index in [9.17, 15) is 14.0 Å². The van der Waals surface area contributed by atoms with Crippen LogP contribution in [0.3, 0.4) is 0 Å². The summed E-state index contributed by atoms with van der Waals surface area (Å²) in [6.07, 6.45) is 3.16. The molecule has 0 saturated carbocycles. The van der Waals surface area contributed by atoms with Crippen LogP contribution in [-0.2, 0) is 0 Å². The van der Waals surface area contributed by atoms with Gasteiger partial charge in [0.2, 0.25) is 0 Å². The second-order valence-corrected chi connectivity index (χ2v) is 6.95. The Hall–Kier alpha value is -4.39. The summed E-state index contributed by atoms with van der Waals surface area (Å²) in [5.74, 6) is -0.703. The minimum Gasteiger partial charge on any atom is -0.424 e. The van der Waals surface area contributed by atoms with Gasteiger partial charge in [-0.3, -0.25) is 9.59 Å². The molecule has 3 aromatic carbocycles. The molecule has 4 aromatic rings. The number of hydrogen-bond acceptors (Lipinski definition) is 5. The number of benzene rings is 3. The van der Waals surface area contributed by atoms with Crippen LogP contribution in [0.5, 0.6) is 11.8 Å². The van der Waals surface area contributed by atoms with Gasteiger partial charge in [-0.1, -0.05) is 18.2 Å². The molecule has 0 radical (unpaired) electrons. The van der Waals surface area contributed by atoms with Crippen molar-refractivity contribution in [1.29, 1.82) is 0 Å². The SMILES string of the molecule is Cc1cc(Oc2ncccn2)ccc1NC(=O)c1ccccc1C(=O)c1ccc(F)cc1. The fourth-order valence-corrected chi connectivity index (χ4v) is 3.11. The lowest BCUT2D eigenvalue weighted by atomic mass is 9.97. The molecule has 0 spiro atoms. The van der Waals surface area contributed by atoms with Crippen molar-refractivity contribution in [3.63, 3.8) is 0 Å². The first-order valence-electron chi connectivity index (χ1n) is 9.77. The Bertz CT molecular complexity index is 1280. The zero-order valence-electron chi connectivity index (χ0n) is 17.1. The van der Waals surface area contributed by atoms with Gasteiger partial charge in [0, 0.05) is 29.2 Å². The van der Waals surface area contributed by atoms with E-state index in [1.807, 2.05) is 6.92 Å². The largest absolute Gasteiger partial charge is 0.424 e. The molecule has 6 nitrogen and oxygen atoms in total. The second kappa shape index (κ2) is 9.18. The number of aromatic nitrogens is 2. The van der Waals surface area contributed by atoms with Crippen LogP contribution in [0.2, 0.25) is 0 Å². The first-order chi connectivity index (χ1) is 15.5. The van der Waals surface area contributed by atoms with Crippen molar-refractivity contribution < 1.29 is 18.7 Å². The number of rotatable bonds is 6. The Balaban J connectivity index is 1.54. The highest BCUT2D eigenvalue weighted by Crippen LogP contribution is 2.25. The fraction of sp³-hybridized carbons (Fsp3) is 0.0400. The van der Waals surface area contributed by atoms with E-state index in [1.165, 1.54) is 24.3 Å². The Morgan fingerprint density at radius 1 is 0.875 bits per heavy atom. The highest BCUT2D eigenvalue weighted by atomic mass is 19.1. The summed E-state index contributed by atoms with van der Waals surface area (Å²) in [4.78, 5) is 33.9. The van der Waals surface area contributed by atoms with Crippen molar-refractivity contribution in [3.05, 3.63) is 113 Å². The second-order valence-electron chi connectivity index (χ2n) is 6.95. The fourth-order valence-electron chi connectivity index (χ4n) is 3.11. The van der Waals surface area contributed by atoms with Crippen molar-refractivity contribution in [2.45, 2.75) is 6.92 Å². The van der Waals surface area contributed by atoms with Gasteiger partial charge < -0.3 is 10.1 Å². The van der Waals surface area contributed by atoms with Crippen LogP contribution in [0.4, 0.5) is 10.1 Å². The monoisotopic (exact) mass is 427 g/mol. The molecule has 1 aromatic heterocycles. The van der Waals surface area contributed by atoms with Crippen LogP contribution in [0, 0.1) is 12.7 Å². The molecule has 0 atom stereocenters. The van der Waals surface area contributed by atoms with Crippen LogP contribution < -0.4 is 10.1 Å². The number of anilines is 1. The van der Waals surface area contributed by atoms with E-state index in [-0.39, 0.29) is 22.9 Å². The standard InChI is InChI=1S/C25H18FN3O3/c1-16-15-19(32-25-27-13-4-14-28-25)11-12-22(16)29-24(31)21-6-3-2-5-20(21)23(30)17-7-9-18(26)10-8-17/h2-15H,1H3,(H,29,31). The number of nitrogens with one attached hydrogen (secondary N) is 1. The maximum atomic E-state index is 13.2. The van der Waals surface area contributed by atoms with Gasteiger partial charge in [-0.05, 0) is 67.1 Å². The normalized spacial score (nSPS) is 10.4. The Kier molecular flexibility index (Phi) is 5.98. The van der Waals surface area contributed by atoms with Crippen molar-refractivity contribution in [3.8, 4) is 11.8 Å². The summed E-state index contributed by atoms with van der Waals surface area (Å²) in [6, 6.07) is 18.8. The van der Waals surface area contributed by atoms with Gasteiger partial charge in [-0.25, -0.2) is 14.4 Å². The molecular weight excluding hydrogens is 409 g/mol. The molecule has 158 valence electrons. The number of ether oxygens (including phenoxy) is 1. The van der Waals surface area contributed by atoms with Crippen LogP contribution in [-0.4, -0.2) is 21.7 Å². The highest BCUT2D eigenvalue weighted by molar-refractivity contribution is 6.17. The van der Waals surface area contributed by atoms with E-state index in [4.69, 9.17) is 4.74 Å². The topological polar surface area (TPSA) is 81.2 Å². The molecule has 32 heavy (non-hydrogen) atoms. The summed E-state index contributed by atoms with van der Waals surface area (Å²) >= 11 is 0. The van der Waals surface area contributed by atoms with Crippen LogP contribution in [0.25, 0.3) is 0 Å². The van der Waals surface area contributed by atoms with Gasteiger partial charge >= 0.3 is 6.01 Å². The lowest BCUT2D eigenvalue weighted by Gasteiger charge is -2.12. The zero-order valence-corrected chi connectivity index (χ0v) is 17.1. The molecule has 0 aliphatic heterocycles. The maximum Gasteiger partial charge on any atom is 0.321 e. The van der Waals surface area contributed by atoms with Gasteiger partial charge in [0.15, 0.2) is 5.78 Å². The number of aryl methyl sites for hydroxylation is 1. The average Bonchev–Trinajstić information content (AvgIpc) is 2.81. The quantitative estimate of drug-likeness (QED) is 0.428. The van der Waals surface area contributed by atoms with Gasteiger partial charge in [0.05, 0.1) is 5.56 Å². The Labute approximate surface area is 183 Å².